The number of aliphatic imine (C=N–C) groups is 1. The molecule has 1 aliphatic rings. The fraction of sp³-hybridized carbons (Fsp3) is 0.450. The fourth-order valence-corrected chi connectivity index (χ4v) is 4.07. The van der Waals surface area contributed by atoms with Crippen molar-refractivity contribution in [1.82, 2.24) is 15.5 Å². The first kappa shape index (κ1) is 23.1. The van der Waals surface area contributed by atoms with Crippen molar-refractivity contribution in [3.8, 4) is 0 Å². The minimum Gasteiger partial charge on any atom is -0.379 e. The second kappa shape index (κ2) is 11.7. The van der Waals surface area contributed by atoms with Crippen LogP contribution in [0.25, 0.3) is 0 Å². The molecule has 1 fully saturated rings. The highest BCUT2D eigenvalue weighted by Gasteiger charge is 2.23. The molecule has 1 saturated heterocycles. The molecule has 2 heterocycles. The number of hydrogen-bond acceptors (Lipinski definition) is 4. The molecular weight excluding hydrogens is 490 g/mol. The van der Waals surface area contributed by atoms with E-state index >= 15 is 0 Å². The average molecular weight is 518 g/mol. The molecule has 0 saturated carbocycles. The van der Waals surface area contributed by atoms with Gasteiger partial charge in [-0.3, -0.25) is 9.89 Å². The normalized spacial score (nSPS) is 16.3. The van der Waals surface area contributed by atoms with E-state index in [-0.39, 0.29) is 35.8 Å². The lowest BCUT2D eigenvalue weighted by molar-refractivity contribution is 0.0169. The van der Waals surface area contributed by atoms with Crippen LogP contribution in [0.3, 0.4) is 0 Å². The Balaban J connectivity index is 0.00000280. The van der Waals surface area contributed by atoms with Crippen molar-refractivity contribution < 1.29 is 9.13 Å². The van der Waals surface area contributed by atoms with Gasteiger partial charge in [-0.05, 0) is 41.6 Å². The molecule has 1 atom stereocenters. The van der Waals surface area contributed by atoms with Gasteiger partial charge >= 0.3 is 0 Å². The molecule has 5 nitrogen and oxygen atoms in total. The predicted molar refractivity (Wildman–Crippen MR) is 124 cm³/mol. The molecule has 0 radical (unpaired) electrons. The molecule has 2 N–H and O–H groups in total. The predicted octanol–water partition coefficient (Wildman–Crippen LogP) is 3.55. The molecule has 1 unspecified atom stereocenters. The van der Waals surface area contributed by atoms with Crippen LogP contribution in [-0.4, -0.2) is 50.8 Å². The number of aryl methyl sites for hydroxylation is 1. The van der Waals surface area contributed by atoms with Gasteiger partial charge in [-0.2, -0.15) is 0 Å². The van der Waals surface area contributed by atoms with Crippen LogP contribution < -0.4 is 10.6 Å². The van der Waals surface area contributed by atoms with Gasteiger partial charge in [0.15, 0.2) is 5.96 Å². The highest BCUT2D eigenvalue weighted by Crippen LogP contribution is 2.22. The Morgan fingerprint density at radius 2 is 2.07 bits per heavy atom. The molecule has 0 amide bonds. The molecule has 0 spiro atoms. The van der Waals surface area contributed by atoms with Crippen LogP contribution in [0.2, 0.25) is 0 Å². The van der Waals surface area contributed by atoms with Crippen molar-refractivity contribution in [2.24, 2.45) is 4.99 Å². The summed E-state index contributed by atoms with van der Waals surface area (Å²) in [5, 5.41) is 8.87. The molecule has 28 heavy (non-hydrogen) atoms. The van der Waals surface area contributed by atoms with Gasteiger partial charge in [0.25, 0.3) is 0 Å². The van der Waals surface area contributed by atoms with Crippen LogP contribution in [0, 0.1) is 12.7 Å². The summed E-state index contributed by atoms with van der Waals surface area (Å²) in [4.78, 5) is 7.96. The Bertz CT molecular complexity index is 764. The maximum atomic E-state index is 13.8. The van der Waals surface area contributed by atoms with Crippen LogP contribution in [0.15, 0.2) is 40.7 Å². The van der Waals surface area contributed by atoms with E-state index in [4.69, 9.17) is 4.74 Å². The summed E-state index contributed by atoms with van der Waals surface area (Å²) in [5.41, 5.74) is 2.25. The van der Waals surface area contributed by atoms with Gasteiger partial charge in [0.1, 0.15) is 5.82 Å². The van der Waals surface area contributed by atoms with Gasteiger partial charge in [-0.25, -0.2) is 4.39 Å². The maximum absolute atomic E-state index is 13.8. The summed E-state index contributed by atoms with van der Waals surface area (Å²) < 4.78 is 19.3. The second-order valence-electron chi connectivity index (χ2n) is 6.55. The summed E-state index contributed by atoms with van der Waals surface area (Å²) in [5.74, 6) is 0.541. The minimum atomic E-state index is -0.207. The first-order valence-electron chi connectivity index (χ1n) is 9.22. The molecule has 8 heteroatoms. The standard InChI is InChI=1S/C20H27FN4OS.HI/c1-15-6-11-27-19(15)14-24-20(22-2)23-13-18(25-7-9-26-10-8-25)16-4-3-5-17(21)12-16;/h3-6,11-12,18H,7-10,13-14H2,1-2H3,(H2,22,23,24);1H. The van der Waals surface area contributed by atoms with E-state index in [1.165, 1.54) is 16.5 Å². The SMILES string of the molecule is CN=C(NCc1sccc1C)NCC(c1cccc(F)c1)N1CCOCC1.I. The van der Waals surface area contributed by atoms with Gasteiger partial charge in [0, 0.05) is 31.6 Å². The van der Waals surface area contributed by atoms with Crippen molar-refractivity contribution >= 4 is 41.3 Å². The quantitative estimate of drug-likeness (QED) is 0.349. The first-order chi connectivity index (χ1) is 13.2. The number of guanidine groups is 1. The fourth-order valence-electron chi connectivity index (χ4n) is 3.22. The number of nitrogens with one attached hydrogen (secondary N) is 2. The molecule has 0 bridgehead atoms. The molecule has 1 aromatic carbocycles. The maximum Gasteiger partial charge on any atom is 0.191 e. The van der Waals surface area contributed by atoms with Gasteiger partial charge in [0.2, 0.25) is 0 Å². The molecule has 2 aromatic rings. The summed E-state index contributed by atoms with van der Waals surface area (Å²) in [6.07, 6.45) is 0. The van der Waals surface area contributed by atoms with Crippen LogP contribution in [0.4, 0.5) is 4.39 Å². The summed E-state index contributed by atoms with van der Waals surface area (Å²) in [7, 11) is 1.77. The summed E-state index contributed by atoms with van der Waals surface area (Å²) in [6, 6.07) is 9.04. The zero-order chi connectivity index (χ0) is 19.1. The Hall–Kier alpha value is -1.23. The first-order valence-corrected chi connectivity index (χ1v) is 10.1. The molecule has 3 rings (SSSR count). The minimum absolute atomic E-state index is 0. The number of thiophene rings is 1. The Labute approximate surface area is 187 Å². The lowest BCUT2D eigenvalue weighted by atomic mass is 10.0. The van der Waals surface area contributed by atoms with Crippen molar-refractivity contribution in [3.63, 3.8) is 0 Å². The average Bonchev–Trinajstić information content (AvgIpc) is 3.10. The van der Waals surface area contributed by atoms with Gasteiger partial charge in [-0.1, -0.05) is 12.1 Å². The number of hydrogen-bond donors (Lipinski definition) is 2. The highest BCUT2D eigenvalue weighted by atomic mass is 127. The van der Waals surface area contributed by atoms with Crippen molar-refractivity contribution in [3.05, 3.63) is 57.5 Å². The molecule has 0 aliphatic carbocycles. The van der Waals surface area contributed by atoms with E-state index in [9.17, 15) is 4.39 Å². The van der Waals surface area contributed by atoms with E-state index in [2.05, 4.69) is 38.9 Å². The van der Waals surface area contributed by atoms with Crippen molar-refractivity contribution in [2.45, 2.75) is 19.5 Å². The number of halogens is 2. The van der Waals surface area contributed by atoms with E-state index in [1.54, 1.807) is 30.5 Å². The number of nitrogens with zero attached hydrogens (tertiary/aromatic N) is 2. The van der Waals surface area contributed by atoms with Crippen molar-refractivity contribution in [2.75, 3.05) is 39.9 Å². The van der Waals surface area contributed by atoms with Gasteiger partial charge < -0.3 is 15.4 Å². The van der Waals surface area contributed by atoms with E-state index in [0.29, 0.717) is 19.8 Å². The second-order valence-corrected chi connectivity index (χ2v) is 7.55. The molecule has 154 valence electrons. The van der Waals surface area contributed by atoms with Crippen LogP contribution in [0.5, 0.6) is 0 Å². The summed E-state index contributed by atoms with van der Waals surface area (Å²) >= 11 is 1.74. The zero-order valence-corrected chi connectivity index (χ0v) is 19.4. The van der Waals surface area contributed by atoms with Crippen LogP contribution in [0.1, 0.15) is 22.0 Å². The molecule has 1 aliphatic heterocycles. The smallest absolute Gasteiger partial charge is 0.191 e. The molecule has 1 aromatic heterocycles. The highest BCUT2D eigenvalue weighted by molar-refractivity contribution is 14.0. The van der Waals surface area contributed by atoms with E-state index in [0.717, 1.165) is 31.2 Å². The van der Waals surface area contributed by atoms with Gasteiger partial charge in [-0.15, -0.1) is 35.3 Å². The summed E-state index contributed by atoms with van der Waals surface area (Å²) in [6.45, 7) is 6.58. The lowest BCUT2D eigenvalue weighted by Crippen LogP contribution is -2.46. The largest absolute Gasteiger partial charge is 0.379 e. The number of morpholine rings is 1. The zero-order valence-electron chi connectivity index (χ0n) is 16.3. The monoisotopic (exact) mass is 518 g/mol. The van der Waals surface area contributed by atoms with Crippen molar-refractivity contribution in [1.29, 1.82) is 0 Å². The number of rotatable bonds is 6. The van der Waals surface area contributed by atoms with Gasteiger partial charge in [0.05, 0.1) is 25.8 Å². The Kier molecular flexibility index (Phi) is 9.63. The Morgan fingerprint density at radius 3 is 2.71 bits per heavy atom. The van der Waals surface area contributed by atoms with Crippen LogP contribution >= 0.6 is 35.3 Å². The lowest BCUT2D eigenvalue weighted by Gasteiger charge is -2.35. The third-order valence-corrected chi connectivity index (χ3v) is 5.81. The third-order valence-electron chi connectivity index (χ3n) is 4.79. The molecular formula is C20H28FIN4OS. The van der Waals surface area contributed by atoms with E-state index in [1.807, 2.05) is 6.07 Å². The number of benzene rings is 1. The van der Waals surface area contributed by atoms with E-state index < -0.39 is 0 Å². The number of ether oxygens (including phenoxy) is 1. The third kappa shape index (κ3) is 6.40. The topological polar surface area (TPSA) is 48.9 Å². The van der Waals surface area contributed by atoms with Crippen LogP contribution in [-0.2, 0) is 11.3 Å². The Morgan fingerprint density at radius 1 is 1.29 bits per heavy atom.